The van der Waals surface area contributed by atoms with Gasteiger partial charge in [0.1, 0.15) is 0 Å². The number of allylic oxidation sites excluding steroid dienone is 20. The lowest BCUT2D eigenvalue weighted by atomic mass is 10.1. The molecule has 0 radical (unpaired) electrons. The van der Waals surface area contributed by atoms with Crippen LogP contribution in [0.3, 0.4) is 0 Å². The number of halogens is 1. The molecule has 236 valence electrons. The molecular weight excluding hydrogens is 548 g/mol. The molecule has 0 N–H and O–H groups in total. The van der Waals surface area contributed by atoms with E-state index in [1.165, 1.54) is 89.5 Å². The fraction of sp³-hybridized carbons (Fsp3) is 0.450. The van der Waals surface area contributed by atoms with E-state index in [2.05, 4.69) is 37.3 Å². The molecule has 0 aliphatic carbocycles. The molecular formula is C40H57ClO2. The summed E-state index contributed by atoms with van der Waals surface area (Å²) >= 11 is 5.20. The Hall–Kier alpha value is -2.97. The Morgan fingerprint density at radius 1 is 0.419 bits per heavy atom. The summed E-state index contributed by atoms with van der Waals surface area (Å²) in [7, 11) is 0. The van der Waals surface area contributed by atoms with E-state index in [1.54, 1.807) is 18.2 Å². The van der Waals surface area contributed by atoms with Crippen LogP contribution in [-0.4, -0.2) is 11.0 Å². The predicted molar refractivity (Wildman–Crippen MR) is 191 cm³/mol. The Morgan fingerprint density at radius 3 is 1.21 bits per heavy atom. The predicted octanol–water partition coefficient (Wildman–Crippen LogP) is 12.5. The van der Waals surface area contributed by atoms with Crippen LogP contribution >= 0.6 is 11.6 Å². The number of carbonyl (C=O) groups is 2. The van der Waals surface area contributed by atoms with Crippen molar-refractivity contribution in [1.29, 1.82) is 0 Å². The lowest BCUT2D eigenvalue weighted by Gasteiger charge is -2.00. The largest absolute Gasteiger partial charge is 0.295 e. The van der Waals surface area contributed by atoms with Crippen molar-refractivity contribution in [2.75, 3.05) is 0 Å². The van der Waals surface area contributed by atoms with Crippen molar-refractivity contribution in [2.24, 2.45) is 0 Å². The van der Waals surface area contributed by atoms with Crippen LogP contribution in [0, 0.1) is 0 Å². The fourth-order valence-electron chi connectivity index (χ4n) is 4.16. The smallest absolute Gasteiger partial charge is 0.245 e. The zero-order valence-corrected chi connectivity index (χ0v) is 27.5. The first-order chi connectivity index (χ1) is 21.2. The first-order valence-corrected chi connectivity index (χ1v) is 16.9. The Bertz CT molecular complexity index is 966. The summed E-state index contributed by atoms with van der Waals surface area (Å²) in [5, 5.41) is -0.473. The molecule has 0 atom stereocenters. The lowest BCUT2D eigenvalue weighted by Crippen LogP contribution is -1.92. The van der Waals surface area contributed by atoms with Gasteiger partial charge in [-0.3, -0.25) is 9.59 Å². The van der Waals surface area contributed by atoms with Gasteiger partial charge in [-0.25, -0.2) is 0 Å². The minimum Gasteiger partial charge on any atom is -0.295 e. The highest BCUT2D eigenvalue weighted by Crippen LogP contribution is 2.11. The lowest BCUT2D eigenvalue weighted by molar-refractivity contribution is -0.114. The maximum absolute atomic E-state index is 12.0. The zero-order valence-electron chi connectivity index (χ0n) is 26.8. The molecule has 0 fully saturated rings. The highest BCUT2D eigenvalue weighted by atomic mass is 35.5. The third-order valence-electron chi connectivity index (χ3n) is 6.61. The summed E-state index contributed by atoms with van der Waals surface area (Å²) in [5.74, 6) is 0.213. The van der Waals surface area contributed by atoms with Crippen molar-refractivity contribution in [2.45, 2.75) is 116 Å². The minimum absolute atomic E-state index is 0.213. The number of hydrogen-bond acceptors (Lipinski definition) is 2. The van der Waals surface area contributed by atoms with Crippen molar-refractivity contribution in [1.82, 2.24) is 0 Å². The van der Waals surface area contributed by atoms with Gasteiger partial charge in [-0.15, -0.1) is 0 Å². The van der Waals surface area contributed by atoms with Crippen molar-refractivity contribution >= 4 is 22.6 Å². The van der Waals surface area contributed by atoms with Crippen LogP contribution in [-0.2, 0) is 9.59 Å². The van der Waals surface area contributed by atoms with Crippen molar-refractivity contribution in [3.8, 4) is 0 Å². The molecule has 0 amide bonds. The first kappa shape index (κ1) is 40.0. The molecule has 0 heterocycles. The third kappa shape index (κ3) is 37.0. The second kappa shape index (κ2) is 35.2. The van der Waals surface area contributed by atoms with Crippen molar-refractivity contribution < 1.29 is 9.59 Å². The van der Waals surface area contributed by atoms with Gasteiger partial charge < -0.3 is 0 Å². The maximum Gasteiger partial charge on any atom is 0.245 e. The van der Waals surface area contributed by atoms with E-state index in [-0.39, 0.29) is 5.78 Å². The van der Waals surface area contributed by atoms with E-state index in [0.29, 0.717) is 6.42 Å². The second-order valence-electron chi connectivity index (χ2n) is 10.6. The molecule has 0 saturated heterocycles. The molecule has 0 saturated carbocycles. The quantitative estimate of drug-likeness (QED) is 0.0385. The normalized spacial score (nSPS) is 13.3. The van der Waals surface area contributed by atoms with Gasteiger partial charge in [0, 0.05) is 6.42 Å². The van der Waals surface area contributed by atoms with Crippen LogP contribution in [0.5, 0.6) is 0 Å². The molecule has 43 heavy (non-hydrogen) atoms. The molecule has 0 aromatic heterocycles. The number of ketones is 1. The summed E-state index contributed by atoms with van der Waals surface area (Å²) in [6.07, 6.45) is 59.2. The van der Waals surface area contributed by atoms with E-state index in [1.807, 2.05) is 66.8 Å². The average molecular weight is 605 g/mol. The van der Waals surface area contributed by atoms with Crippen LogP contribution in [0.15, 0.2) is 122 Å². The highest BCUT2D eigenvalue weighted by molar-refractivity contribution is 6.66. The average Bonchev–Trinajstić information content (AvgIpc) is 2.99. The van der Waals surface area contributed by atoms with E-state index >= 15 is 0 Å². The van der Waals surface area contributed by atoms with E-state index in [4.69, 9.17) is 11.6 Å². The molecule has 0 unspecified atom stereocenters. The van der Waals surface area contributed by atoms with E-state index in [0.717, 1.165) is 19.3 Å². The first-order valence-electron chi connectivity index (χ1n) is 16.6. The van der Waals surface area contributed by atoms with Gasteiger partial charge in [0.05, 0.1) is 0 Å². The van der Waals surface area contributed by atoms with Crippen LogP contribution in [0.4, 0.5) is 0 Å². The number of carbonyl (C=O) groups excluding carboxylic acids is 2. The van der Waals surface area contributed by atoms with Crippen molar-refractivity contribution in [3.63, 3.8) is 0 Å². The molecule has 0 bridgehead atoms. The van der Waals surface area contributed by atoms with Gasteiger partial charge in [0.15, 0.2) is 5.78 Å². The van der Waals surface area contributed by atoms with Gasteiger partial charge in [-0.05, 0) is 55.9 Å². The summed E-state index contributed by atoms with van der Waals surface area (Å²) < 4.78 is 0. The fourth-order valence-corrected chi connectivity index (χ4v) is 4.23. The maximum atomic E-state index is 12.0. The van der Waals surface area contributed by atoms with E-state index < -0.39 is 5.24 Å². The summed E-state index contributed by atoms with van der Waals surface area (Å²) in [6.45, 7) is 2.26. The molecule has 0 rings (SSSR count). The van der Waals surface area contributed by atoms with Gasteiger partial charge in [-0.1, -0.05) is 187 Å². The summed E-state index contributed by atoms with van der Waals surface area (Å²) in [6, 6.07) is 0. The molecule has 0 aliphatic rings. The molecule has 3 heteroatoms. The van der Waals surface area contributed by atoms with Crippen LogP contribution < -0.4 is 0 Å². The van der Waals surface area contributed by atoms with Gasteiger partial charge in [0.25, 0.3) is 0 Å². The Labute approximate surface area is 269 Å². The minimum atomic E-state index is -0.473. The number of rotatable bonds is 28. The molecule has 0 aromatic rings. The molecule has 2 nitrogen and oxygen atoms in total. The SMILES string of the molecule is CCCCCCCCCC=CC=CC=CC=CC=CC(=O)CCCCCCCCCC=CC=CC=CC=CC=CC(=O)Cl. The summed E-state index contributed by atoms with van der Waals surface area (Å²) in [5.41, 5.74) is 0. The number of unbranched alkanes of at least 4 members (excludes halogenated alkanes) is 14. The third-order valence-corrected chi connectivity index (χ3v) is 6.73. The monoisotopic (exact) mass is 604 g/mol. The molecule has 0 aliphatic heterocycles. The second-order valence-corrected chi connectivity index (χ2v) is 11.0. The topological polar surface area (TPSA) is 34.1 Å². The summed E-state index contributed by atoms with van der Waals surface area (Å²) in [4.78, 5) is 22.5. The van der Waals surface area contributed by atoms with Crippen LogP contribution in [0.25, 0.3) is 0 Å². The van der Waals surface area contributed by atoms with Gasteiger partial charge in [-0.2, -0.15) is 0 Å². The van der Waals surface area contributed by atoms with Crippen molar-refractivity contribution in [3.05, 3.63) is 122 Å². The Balaban J connectivity index is 3.62. The standard InChI is InChI=1S/C40H57ClO2/c1-2-3-4-5-6-7-8-9-10-12-15-18-21-24-27-30-33-36-39(42)37-34-31-28-25-22-19-16-13-11-14-17-20-23-26-29-32-35-38-40(41)43/h10-12,14-15,17-18,20-21,23-24,26-27,29-30,32-33,35-36,38H,2-9,13,16,19,22,25,28,31,34,37H2,1H3. The number of hydrogen-bond donors (Lipinski definition) is 0. The Kier molecular flexibility index (Phi) is 32.8. The van der Waals surface area contributed by atoms with Gasteiger partial charge >= 0.3 is 0 Å². The zero-order chi connectivity index (χ0) is 31.3. The van der Waals surface area contributed by atoms with Gasteiger partial charge in [0.2, 0.25) is 5.24 Å². The Morgan fingerprint density at radius 2 is 0.767 bits per heavy atom. The molecule has 0 spiro atoms. The molecule has 0 aromatic carbocycles. The van der Waals surface area contributed by atoms with E-state index in [9.17, 15) is 9.59 Å². The highest BCUT2D eigenvalue weighted by Gasteiger charge is 1.96. The van der Waals surface area contributed by atoms with Crippen LogP contribution in [0.2, 0.25) is 0 Å². The van der Waals surface area contributed by atoms with Crippen LogP contribution in [0.1, 0.15) is 116 Å².